The van der Waals surface area contributed by atoms with Gasteiger partial charge in [0.25, 0.3) is 0 Å². The van der Waals surface area contributed by atoms with Gasteiger partial charge in [-0.15, -0.1) is 18.7 Å². The molecule has 1 aromatic heterocycles. The zero-order valence-corrected chi connectivity index (χ0v) is 17.9. The molecule has 2 aromatic carbocycles. The first-order valence-corrected chi connectivity index (χ1v) is 8.19. The number of imidazole rings is 1. The second-order valence-corrected chi connectivity index (χ2v) is 6.59. The molecule has 2 heterocycles. The summed E-state index contributed by atoms with van der Waals surface area (Å²) in [5.41, 5.74) is 5.28. The molecule has 0 amide bonds. The van der Waals surface area contributed by atoms with E-state index < -0.39 is 0 Å². The average molecular weight is 403 g/mol. The summed E-state index contributed by atoms with van der Waals surface area (Å²) in [6, 6.07) is 19.6. The van der Waals surface area contributed by atoms with Crippen LogP contribution in [0.15, 0.2) is 48.5 Å². The molecule has 1 aliphatic heterocycles. The zero-order chi connectivity index (χ0) is 16.9. The summed E-state index contributed by atoms with van der Waals surface area (Å²) in [4.78, 5) is 4.91. The Morgan fingerprint density at radius 2 is 1.88 bits per heavy atom. The van der Waals surface area contributed by atoms with Crippen molar-refractivity contribution in [1.82, 2.24) is 9.55 Å². The molecular formula is C21H20N3Y-. The fourth-order valence-electron chi connectivity index (χ4n) is 3.48. The van der Waals surface area contributed by atoms with Gasteiger partial charge in [-0.1, -0.05) is 17.1 Å². The van der Waals surface area contributed by atoms with E-state index in [9.17, 15) is 0 Å². The summed E-state index contributed by atoms with van der Waals surface area (Å²) in [7, 11) is 0. The number of allylic oxidation sites excluding steroid dienone is 1. The molecule has 1 aliphatic rings. The molecule has 123 valence electrons. The zero-order valence-electron chi connectivity index (χ0n) is 15.0. The second-order valence-electron chi connectivity index (χ2n) is 6.59. The molecular weight excluding hydrogens is 383 g/mol. The van der Waals surface area contributed by atoms with Crippen LogP contribution in [0.4, 0.5) is 5.95 Å². The molecule has 4 heteroatoms. The summed E-state index contributed by atoms with van der Waals surface area (Å²) in [6.07, 6.45) is 3.35. The Kier molecular flexibility index (Phi) is 4.83. The number of hydrogen-bond acceptors (Lipinski definition) is 1. The molecule has 0 unspecified atom stereocenters. The van der Waals surface area contributed by atoms with Gasteiger partial charge in [0, 0.05) is 32.7 Å². The Morgan fingerprint density at radius 1 is 1.16 bits per heavy atom. The van der Waals surface area contributed by atoms with Gasteiger partial charge in [-0.3, -0.25) is 16.2 Å². The third-order valence-electron chi connectivity index (χ3n) is 4.95. The Morgan fingerprint density at radius 3 is 2.56 bits per heavy atom. The van der Waals surface area contributed by atoms with Crippen molar-refractivity contribution in [3.8, 4) is 0 Å². The molecule has 0 aliphatic carbocycles. The van der Waals surface area contributed by atoms with Crippen LogP contribution in [-0.2, 0) is 38.2 Å². The van der Waals surface area contributed by atoms with E-state index in [1.165, 1.54) is 5.71 Å². The topological polar surface area (TPSA) is 20.8 Å². The van der Waals surface area contributed by atoms with Gasteiger partial charge in [-0.05, 0) is 32.9 Å². The number of hydrogen-bond donors (Lipinski definition) is 0. The average Bonchev–Trinajstić information content (AvgIpc) is 3.06. The summed E-state index contributed by atoms with van der Waals surface area (Å²) >= 11 is 0. The van der Waals surface area contributed by atoms with E-state index in [1.54, 1.807) is 0 Å². The van der Waals surface area contributed by atoms with Crippen molar-refractivity contribution in [1.29, 1.82) is 0 Å². The summed E-state index contributed by atoms with van der Waals surface area (Å²) in [6.45, 7) is 8.59. The fourth-order valence-corrected chi connectivity index (χ4v) is 3.48. The summed E-state index contributed by atoms with van der Waals surface area (Å²) in [5.74, 6) is 0.945. The van der Waals surface area contributed by atoms with Crippen molar-refractivity contribution in [2.24, 2.45) is 0 Å². The first-order chi connectivity index (χ1) is 11.6. The number of nitrogens with zero attached hydrogens (tertiary/aromatic N) is 3. The molecule has 0 spiro atoms. The van der Waals surface area contributed by atoms with E-state index in [4.69, 9.17) is 4.98 Å². The maximum atomic E-state index is 4.91. The Hall–Kier alpha value is -1.58. The van der Waals surface area contributed by atoms with Crippen molar-refractivity contribution in [2.45, 2.75) is 33.2 Å². The van der Waals surface area contributed by atoms with Gasteiger partial charge >= 0.3 is 5.95 Å². The molecule has 0 saturated heterocycles. The van der Waals surface area contributed by atoms with Crippen LogP contribution < -0.4 is 0 Å². The van der Waals surface area contributed by atoms with Crippen LogP contribution in [0.1, 0.15) is 33.3 Å². The number of benzene rings is 2. The van der Waals surface area contributed by atoms with Gasteiger partial charge in [-0.25, -0.2) is 16.7 Å². The van der Waals surface area contributed by atoms with Gasteiger partial charge in [0.15, 0.2) is 5.52 Å². The number of para-hydroxylation sites is 2. The van der Waals surface area contributed by atoms with E-state index in [2.05, 4.69) is 66.3 Å². The molecule has 3 nitrogen and oxygen atoms in total. The maximum Gasteiger partial charge on any atom is 0.394 e. The number of aromatic nitrogens is 2. The van der Waals surface area contributed by atoms with Crippen LogP contribution in [0.2, 0.25) is 0 Å². The molecule has 4 rings (SSSR count). The van der Waals surface area contributed by atoms with E-state index in [-0.39, 0.29) is 38.2 Å². The van der Waals surface area contributed by atoms with Crippen LogP contribution in [0, 0.1) is 12.1 Å². The smallest absolute Gasteiger partial charge is 0.289 e. The minimum absolute atomic E-state index is 0. The third kappa shape index (κ3) is 2.65. The predicted molar refractivity (Wildman–Crippen MR) is 97.3 cm³/mol. The second kappa shape index (κ2) is 6.62. The summed E-state index contributed by atoms with van der Waals surface area (Å²) in [5, 5.41) is 0. The molecule has 3 aromatic rings. The van der Waals surface area contributed by atoms with Gasteiger partial charge < -0.3 is 0 Å². The Bertz CT molecular complexity index is 994. The van der Waals surface area contributed by atoms with Crippen molar-refractivity contribution in [2.75, 3.05) is 0 Å². The quantitative estimate of drug-likeness (QED) is 0.454. The van der Waals surface area contributed by atoms with Gasteiger partial charge in [0.1, 0.15) is 11.1 Å². The van der Waals surface area contributed by atoms with Crippen LogP contribution in [0.5, 0.6) is 0 Å². The maximum absolute atomic E-state index is 4.91. The van der Waals surface area contributed by atoms with Crippen LogP contribution in [-0.4, -0.2) is 19.8 Å². The van der Waals surface area contributed by atoms with Crippen molar-refractivity contribution in [3.63, 3.8) is 0 Å². The van der Waals surface area contributed by atoms with Crippen LogP contribution in [0.3, 0.4) is 0 Å². The van der Waals surface area contributed by atoms with Gasteiger partial charge in [0.05, 0.1) is 5.71 Å². The fraction of sp³-hybridized carbons (Fsp3) is 0.238. The van der Waals surface area contributed by atoms with Crippen LogP contribution >= 0.6 is 0 Å². The Labute approximate surface area is 174 Å². The van der Waals surface area contributed by atoms with Gasteiger partial charge in [0.2, 0.25) is 0 Å². The standard InChI is InChI=1S/C21H20N3.Y/c1-5-18(16-11-7-6-8-12-16)23-15(2)21(3,4)24-19-14-10-9-13-17(19)22-20(23)24;/h6-11,13-14H,1-4H3;/q-1;. The largest absolute Gasteiger partial charge is 0.394 e. The molecule has 0 atom stereocenters. The first-order valence-electron chi connectivity index (χ1n) is 8.19. The normalized spacial score (nSPS) is 16.1. The molecule has 1 radical (unpaired) electrons. The van der Waals surface area contributed by atoms with Crippen LogP contribution in [0.25, 0.3) is 16.7 Å². The predicted octanol–water partition coefficient (Wildman–Crippen LogP) is 4.55. The van der Waals surface area contributed by atoms with E-state index in [1.807, 2.05) is 31.2 Å². The summed E-state index contributed by atoms with van der Waals surface area (Å²) < 4.78 is 4.53. The SMILES string of the molecule is C[C-]=C(c1[c-]cccc1)[N+]1=C(C)C(C)(C)n2c1nc1ccccc12.[Y]. The molecule has 0 bridgehead atoms. The van der Waals surface area contributed by atoms with Crippen molar-refractivity contribution >= 4 is 28.4 Å². The minimum atomic E-state index is -0.150. The Balaban J connectivity index is 0.00000182. The van der Waals surface area contributed by atoms with Crippen molar-refractivity contribution < 1.29 is 37.3 Å². The van der Waals surface area contributed by atoms with Gasteiger partial charge in [-0.2, -0.15) is 12.1 Å². The molecule has 0 saturated carbocycles. The first kappa shape index (κ1) is 18.2. The third-order valence-corrected chi connectivity index (χ3v) is 4.95. The number of fused-ring (bicyclic) bond motifs is 3. The molecule has 0 N–H and O–H groups in total. The van der Waals surface area contributed by atoms with E-state index >= 15 is 0 Å². The van der Waals surface area contributed by atoms with E-state index in [0.717, 1.165) is 28.2 Å². The van der Waals surface area contributed by atoms with E-state index in [0.29, 0.717) is 0 Å². The monoisotopic (exact) mass is 403 g/mol. The minimum Gasteiger partial charge on any atom is -0.289 e. The number of rotatable bonds is 2. The molecule has 0 fully saturated rings. The van der Waals surface area contributed by atoms with Crippen molar-refractivity contribution in [3.05, 3.63) is 66.2 Å². The molecule has 25 heavy (non-hydrogen) atoms.